The minimum Gasteiger partial charge on any atom is -0.452 e. The Morgan fingerprint density at radius 1 is 1.18 bits per heavy atom. The van der Waals surface area contributed by atoms with Crippen molar-refractivity contribution in [2.24, 2.45) is 0 Å². The summed E-state index contributed by atoms with van der Waals surface area (Å²) in [6.45, 7) is 3.52. The number of benzene rings is 1. The molecule has 0 radical (unpaired) electrons. The van der Waals surface area contributed by atoms with Gasteiger partial charge in [-0.2, -0.15) is 0 Å². The largest absolute Gasteiger partial charge is 0.452 e. The summed E-state index contributed by atoms with van der Waals surface area (Å²) in [6, 6.07) is 10.4. The van der Waals surface area contributed by atoms with Gasteiger partial charge in [0.1, 0.15) is 5.15 Å². The summed E-state index contributed by atoms with van der Waals surface area (Å²) < 4.78 is 5.03. The van der Waals surface area contributed by atoms with E-state index in [1.165, 1.54) is 17.2 Å². The van der Waals surface area contributed by atoms with Crippen LogP contribution in [0.4, 0.5) is 5.69 Å². The molecule has 7 nitrogen and oxygen atoms in total. The fourth-order valence-electron chi connectivity index (χ4n) is 2.47. The van der Waals surface area contributed by atoms with Gasteiger partial charge in [-0.15, -0.1) is 0 Å². The van der Waals surface area contributed by atoms with Crippen molar-refractivity contribution >= 4 is 35.1 Å². The van der Waals surface area contributed by atoms with E-state index in [9.17, 15) is 14.4 Å². The van der Waals surface area contributed by atoms with Gasteiger partial charge in [0.25, 0.3) is 5.91 Å². The number of hydrogen-bond acceptors (Lipinski definition) is 5. The minimum atomic E-state index is -0.743. The van der Waals surface area contributed by atoms with Crippen molar-refractivity contribution < 1.29 is 19.1 Å². The van der Waals surface area contributed by atoms with Gasteiger partial charge in [0.05, 0.1) is 12.1 Å². The third-order valence-electron chi connectivity index (χ3n) is 3.91. The van der Waals surface area contributed by atoms with Crippen LogP contribution in [0.1, 0.15) is 29.3 Å². The van der Waals surface area contributed by atoms with Crippen LogP contribution in [0.5, 0.6) is 0 Å². The lowest BCUT2D eigenvalue weighted by atomic mass is 10.2. The monoisotopic (exact) mass is 403 g/mol. The van der Waals surface area contributed by atoms with E-state index in [1.54, 1.807) is 12.1 Å². The van der Waals surface area contributed by atoms with Crippen LogP contribution < -0.4 is 5.32 Å². The molecule has 0 fully saturated rings. The Kier molecular flexibility index (Phi) is 7.95. The number of amides is 2. The Bertz CT molecular complexity index is 857. The molecule has 0 atom stereocenters. The molecular formula is C20H22ClN3O4. The molecule has 0 aliphatic heterocycles. The number of pyridine rings is 1. The number of rotatable bonds is 8. The highest BCUT2D eigenvalue weighted by Gasteiger charge is 2.20. The number of halogens is 1. The third-order valence-corrected chi connectivity index (χ3v) is 4.21. The Labute approximate surface area is 168 Å². The van der Waals surface area contributed by atoms with Crippen molar-refractivity contribution in [3.8, 4) is 0 Å². The summed E-state index contributed by atoms with van der Waals surface area (Å²) in [6.07, 6.45) is 2.10. The molecule has 1 N–H and O–H groups in total. The average Bonchev–Trinajstić information content (AvgIpc) is 2.67. The van der Waals surface area contributed by atoms with Crippen molar-refractivity contribution in [2.75, 3.05) is 25.0 Å². The second-order valence-electron chi connectivity index (χ2n) is 6.10. The summed E-state index contributed by atoms with van der Waals surface area (Å²) in [5, 5.41) is 2.79. The Morgan fingerprint density at radius 3 is 2.61 bits per heavy atom. The first-order valence-corrected chi connectivity index (χ1v) is 9.21. The van der Waals surface area contributed by atoms with Crippen LogP contribution in [-0.2, 0) is 14.3 Å². The Hall–Kier alpha value is -2.93. The summed E-state index contributed by atoms with van der Waals surface area (Å²) in [4.78, 5) is 42.0. The van der Waals surface area contributed by atoms with E-state index in [0.29, 0.717) is 18.7 Å². The van der Waals surface area contributed by atoms with Crippen LogP contribution in [0, 0.1) is 6.92 Å². The highest BCUT2D eigenvalue weighted by atomic mass is 35.5. The maximum absolute atomic E-state index is 12.4. The molecular weight excluding hydrogens is 382 g/mol. The number of nitrogens with zero attached hydrogens (tertiary/aromatic N) is 2. The number of hydrogen-bond donors (Lipinski definition) is 1. The lowest BCUT2D eigenvalue weighted by Gasteiger charge is -2.21. The molecule has 2 amide bonds. The molecule has 0 saturated heterocycles. The van der Waals surface area contributed by atoms with E-state index in [0.717, 1.165) is 5.56 Å². The molecule has 2 aromatic rings. The lowest BCUT2D eigenvalue weighted by Crippen LogP contribution is -2.40. The number of aromatic nitrogens is 1. The molecule has 148 valence electrons. The SMILES string of the molecule is CCCN(CC(=O)Nc1ccccc1C)C(=O)COC(=O)c1cccnc1Cl. The molecule has 0 spiro atoms. The number of carbonyl (C=O) groups excluding carboxylic acids is 3. The molecule has 1 aromatic heterocycles. The fourth-order valence-corrected chi connectivity index (χ4v) is 2.67. The van der Waals surface area contributed by atoms with Crippen molar-refractivity contribution in [3.63, 3.8) is 0 Å². The van der Waals surface area contributed by atoms with Crippen LogP contribution >= 0.6 is 11.6 Å². The van der Waals surface area contributed by atoms with Gasteiger partial charge in [0.15, 0.2) is 6.61 Å². The second kappa shape index (κ2) is 10.4. The first-order valence-electron chi connectivity index (χ1n) is 8.83. The molecule has 28 heavy (non-hydrogen) atoms. The van der Waals surface area contributed by atoms with Crippen molar-refractivity contribution in [3.05, 3.63) is 58.9 Å². The normalized spacial score (nSPS) is 10.2. The van der Waals surface area contributed by atoms with Gasteiger partial charge in [-0.3, -0.25) is 9.59 Å². The van der Waals surface area contributed by atoms with Gasteiger partial charge in [0.2, 0.25) is 5.91 Å². The maximum Gasteiger partial charge on any atom is 0.341 e. The highest BCUT2D eigenvalue weighted by Crippen LogP contribution is 2.14. The molecule has 1 aromatic carbocycles. The first kappa shape index (κ1) is 21.4. The van der Waals surface area contributed by atoms with Gasteiger partial charge in [-0.1, -0.05) is 36.7 Å². The van der Waals surface area contributed by atoms with Crippen LogP contribution in [0.2, 0.25) is 5.15 Å². The van der Waals surface area contributed by atoms with Crippen molar-refractivity contribution in [1.29, 1.82) is 0 Å². The summed E-state index contributed by atoms with van der Waals surface area (Å²) >= 11 is 5.85. The summed E-state index contributed by atoms with van der Waals surface area (Å²) in [5.41, 5.74) is 1.69. The molecule has 0 bridgehead atoms. The number of nitrogens with one attached hydrogen (secondary N) is 1. The van der Waals surface area contributed by atoms with Gasteiger partial charge < -0.3 is 15.0 Å². The van der Waals surface area contributed by atoms with Gasteiger partial charge >= 0.3 is 5.97 Å². The topological polar surface area (TPSA) is 88.6 Å². The van der Waals surface area contributed by atoms with Gasteiger partial charge in [0, 0.05) is 18.4 Å². The molecule has 0 saturated carbocycles. The fraction of sp³-hybridized carbons (Fsp3) is 0.300. The van der Waals surface area contributed by atoms with Crippen molar-refractivity contribution in [2.45, 2.75) is 20.3 Å². The van der Waals surface area contributed by atoms with Gasteiger partial charge in [-0.05, 0) is 37.1 Å². The van der Waals surface area contributed by atoms with Crippen LogP contribution in [0.3, 0.4) is 0 Å². The van der Waals surface area contributed by atoms with E-state index < -0.39 is 18.5 Å². The van der Waals surface area contributed by atoms with E-state index in [2.05, 4.69) is 10.3 Å². The molecule has 0 aliphatic carbocycles. The van der Waals surface area contributed by atoms with Crippen LogP contribution in [0.15, 0.2) is 42.6 Å². The predicted octanol–water partition coefficient (Wildman–Crippen LogP) is 3.08. The van der Waals surface area contributed by atoms with Crippen LogP contribution in [-0.4, -0.2) is 47.4 Å². The smallest absolute Gasteiger partial charge is 0.341 e. The minimum absolute atomic E-state index is 0.00275. The third kappa shape index (κ3) is 6.06. The number of para-hydroxylation sites is 1. The van der Waals surface area contributed by atoms with E-state index in [4.69, 9.17) is 16.3 Å². The number of anilines is 1. The van der Waals surface area contributed by atoms with Crippen molar-refractivity contribution in [1.82, 2.24) is 9.88 Å². The standard InChI is InChI=1S/C20H22ClN3O4/c1-3-11-24(12-17(25)23-16-9-5-4-7-14(16)2)18(26)13-28-20(27)15-8-6-10-22-19(15)21/h4-10H,3,11-13H2,1-2H3,(H,23,25). The Morgan fingerprint density at radius 2 is 1.93 bits per heavy atom. The molecule has 2 rings (SSSR count). The molecule has 1 heterocycles. The zero-order chi connectivity index (χ0) is 20.5. The lowest BCUT2D eigenvalue weighted by molar-refractivity contribution is -0.137. The zero-order valence-corrected chi connectivity index (χ0v) is 16.5. The summed E-state index contributed by atoms with van der Waals surface area (Å²) in [5.74, 6) is -1.53. The Balaban J connectivity index is 1.94. The predicted molar refractivity (Wildman–Crippen MR) is 106 cm³/mol. The molecule has 8 heteroatoms. The van der Waals surface area contributed by atoms with E-state index in [1.807, 2.05) is 32.0 Å². The average molecular weight is 404 g/mol. The number of ether oxygens (including phenoxy) is 1. The highest BCUT2D eigenvalue weighted by molar-refractivity contribution is 6.32. The first-order chi connectivity index (χ1) is 13.4. The zero-order valence-electron chi connectivity index (χ0n) is 15.8. The molecule has 0 aliphatic rings. The quantitative estimate of drug-likeness (QED) is 0.540. The maximum atomic E-state index is 12.4. The van der Waals surface area contributed by atoms with E-state index in [-0.39, 0.29) is 23.2 Å². The van der Waals surface area contributed by atoms with E-state index >= 15 is 0 Å². The summed E-state index contributed by atoms with van der Waals surface area (Å²) in [7, 11) is 0. The number of aryl methyl sites for hydroxylation is 1. The van der Waals surface area contributed by atoms with Gasteiger partial charge in [-0.25, -0.2) is 9.78 Å². The molecule has 0 unspecified atom stereocenters. The number of carbonyl (C=O) groups is 3. The number of esters is 1. The second-order valence-corrected chi connectivity index (χ2v) is 6.45. The van der Waals surface area contributed by atoms with Crippen LogP contribution in [0.25, 0.3) is 0 Å².